The van der Waals surface area contributed by atoms with E-state index in [1.807, 2.05) is 6.92 Å². The van der Waals surface area contributed by atoms with Gasteiger partial charge in [0.25, 0.3) is 0 Å². The molecular formula is C14H21BrFNO2. The van der Waals surface area contributed by atoms with Gasteiger partial charge in [-0.1, -0.05) is 13.3 Å². The summed E-state index contributed by atoms with van der Waals surface area (Å²) in [4.78, 5) is 0. The molecule has 0 aliphatic heterocycles. The van der Waals surface area contributed by atoms with Gasteiger partial charge in [0.05, 0.1) is 17.2 Å². The number of aliphatic hydroxyl groups excluding tert-OH is 1. The van der Waals surface area contributed by atoms with Crippen LogP contribution in [0.2, 0.25) is 0 Å². The van der Waals surface area contributed by atoms with E-state index in [4.69, 9.17) is 4.74 Å². The molecule has 19 heavy (non-hydrogen) atoms. The standard InChI is InChI=1S/C14H21BrFNO2/c1-3-4-5-19-9-11(18)8-17-14-7-13(16)12(15)6-10(14)2/h6-7,11,17-18H,3-5,8-9H2,1-2H3. The number of benzene rings is 1. The van der Waals surface area contributed by atoms with Crippen molar-refractivity contribution in [2.45, 2.75) is 32.8 Å². The van der Waals surface area contributed by atoms with Crippen molar-refractivity contribution in [1.29, 1.82) is 0 Å². The van der Waals surface area contributed by atoms with Gasteiger partial charge in [0.1, 0.15) is 5.82 Å². The highest BCUT2D eigenvalue weighted by Gasteiger charge is 2.08. The molecule has 1 atom stereocenters. The molecule has 0 heterocycles. The lowest BCUT2D eigenvalue weighted by Crippen LogP contribution is -2.25. The molecule has 1 aromatic carbocycles. The summed E-state index contributed by atoms with van der Waals surface area (Å²) >= 11 is 3.14. The number of ether oxygens (including phenoxy) is 1. The highest BCUT2D eigenvalue weighted by atomic mass is 79.9. The number of unbranched alkanes of at least 4 members (excludes halogenated alkanes) is 1. The number of rotatable bonds is 8. The van der Waals surface area contributed by atoms with Crippen molar-refractivity contribution in [2.24, 2.45) is 0 Å². The summed E-state index contributed by atoms with van der Waals surface area (Å²) < 4.78 is 19.2. The highest BCUT2D eigenvalue weighted by Crippen LogP contribution is 2.23. The molecule has 3 nitrogen and oxygen atoms in total. The predicted octanol–water partition coefficient (Wildman–Crippen LogP) is 3.49. The van der Waals surface area contributed by atoms with Gasteiger partial charge in [-0.3, -0.25) is 0 Å². The van der Waals surface area contributed by atoms with Gasteiger partial charge in [-0.05, 0) is 47.0 Å². The van der Waals surface area contributed by atoms with E-state index in [0.29, 0.717) is 29.9 Å². The zero-order valence-electron chi connectivity index (χ0n) is 11.4. The van der Waals surface area contributed by atoms with Gasteiger partial charge in [0.15, 0.2) is 0 Å². The molecular weight excluding hydrogens is 313 g/mol. The second kappa shape index (κ2) is 8.51. The number of hydrogen-bond donors (Lipinski definition) is 2. The number of hydrogen-bond acceptors (Lipinski definition) is 3. The first-order valence-electron chi connectivity index (χ1n) is 6.50. The second-order valence-electron chi connectivity index (χ2n) is 4.54. The van der Waals surface area contributed by atoms with Crippen LogP contribution in [0.5, 0.6) is 0 Å². The van der Waals surface area contributed by atoms with E-state index in [2.05, 4.69) is 28.2 Å². The fourth-order valence-electron chi connectivity index (χ4n) is 1.59. The van der Waals surface area contributed by atoms with E-state index in [-0.39, 0.29) is 5.82 Å². The Morgan fingerprint density at radius 1 is 1.47 bits per heavy atom. The normalized spacial score (nSPS) is 12.5. The lowest BCUT2D eigenvalue weighted by molar-refractivity contribution is 0.0421. The molecule has 1 rings (SSSR count). The van der Waals surface area contributed by atoms with Crippen LogP contribution in [0.4, 0.5) is 10.1 Å². The van der Waals surface area contributed by atoms with Gasteiger partial charge in [-0.2, -0.15) is 0 Å². The zero-order chi connectivity index (χ0) is 14.3. The summed E-state index contributed by atoms with van der Waals surface area (Å²) in [6.07, 6.45) is 1.48. The predicted molar refractivity (Wildman–Crippen MR) is 79.1 cm³/mol. The van der Waals surface area contributed by atoms with Gasteiger partial charge < -0.3 is 15.2 Å². The van der Waals surface area contributed by atoms with E-state index in [0.717, 1.165) is 18.4 Å². The van der Waals surface area contributed by atoms with Crippen LogP contribution in [-0.4, -0.2) is 31.0 Å². The molecule has 0 aromatic heterocycles. The highest BCUT2D eigenvalue weighted by molar-refractivity contribution is 9.10. The number of anilines is 1. The monoisotopic (exact) mass is 333 g/mol. The van der Waals surface area contributed by atoms with Crippen molar-refractivity contribution in [3.63, 3.8) is 0 Å². The Morgan fingerprint density at radius 2 is 2.21 bits per heavy atom. The molecule has 1 aromatic rings. The molecule has 108 valence electrons. The van der Waals surface area contributed by atoms with Crippen LogP contribution in [0.25, 0.3) is 0 Å². The largest absolute Gasteiger partial charge is 0.389 e. The first-order chi connectivity index (χ1) is 9.04. The maximum absolute atomic E-state index is 13.4. The van der Waals surface area contributed by atoms with E-state index >= 15 is 0 Å². The van der Waals surface area contributed by atoms with E-state index in [1.54, 1.807) is 6.07 Å². The van der Waals surface area contributed by atoms with E-state index in [9.17, 15) is 9.50 Å². The Balaban J connectivity index is 2.37. The molecule has 0 spiro atoms. The molecule has 0 saturated heterocycles. The number of aryl methyl sites for hydroxylation is 1. The van der Waals surface area contributed by atoms with Crippen molar-refractivity contribution in [2.75, 3.05) is 25.1 Å². The Bertz CT molecular complexity index is 401. The molecule has 0 aliphatic rings. The topological polar surface area (TPSA) is 41.5 Å². The van der Waals surface area contributed by atoms with Gasteiger partial charge in [-0.15, -0.1) is 0 Å². The summed E-state index contributed by atoms with van der Waals surface area (Å²) in [6, 6.07) is 3.13. The molecule has 5 heteroatoms. The van der Waals surface area contributed by atoms with Gasteiger partial charge >= 0.3 is 0 Å². The summed E-state index contributed by atoms with van der Waals surface area (Å²) in [7, 11) is 0. The lowest BCUT2D eigenvalue weighted by atomic mass is 10.2. The van der Waals surface area contributed by atoms with Crippen LogP contribution in [0.3, 0.4) is 0 Å². The number of aliphatic hydroxyl groups is 1. The maximum atomic E-state index is 13.4. The fourth-order valence-corrected chi connectivity index (χ4v) is 2.05. The molecule has 2 N–H and O–H groups in total. The maximum Gasteiger partial charge on any atom is 0.139 e. The lowest BCUT2D eigenvalue weighted by Gasteiger charge is -2.15. The third-order valence-electron chi connectivity index (χ3n) is 2.75. The first kappa shape index (κ1) is 16.4. The second-order valence-corrected chi connectivity index (χ2v) is 5.40. The Hall–Kier alpha value is -0.650. The van der Waals surface area contributed by atoms with Gasteiger partial charge in [0, 0.05) is 18.8 Å². The van der Waals surface area contributed by atoms with Crippen molar-refractivity contribution < 1.29 is 14.2 Å². The third-order valence-corrected chi connectivity index (χ3v) is 3.36. The summed E-state index contributed by atoms with van der Waals surface area (Å²) in [5.41, 5.74) is 1.61. The summed E-state index contributed by atoms with van der Waals surface area (Å²) in [6.45, 7) is 5.28. The van der Waals surface area contributed by atoms with Crippen LogP contribution in [0.1, 0.15) is 25.3 Å². The van der Waals surface area contributed by atoms with E-state index < -0.39 is 6.10 Å². The van der Waals surface area contributed by atoms with Crippen molar-refractivity contribution in [3.8, 4) is 0 Å². The molecule has 0 fully saturated rings. The third kappa shape index (κ3) is 5.89. The van der Waals surface area contributed by atoms with Crippen molar-refractivity contribution in [1.82, 2.24) is 0 Å². The van der Waals surface area contributed by atoms with Gasteiger partial charge in [0.2, 0.25) is 0 Å². The van der Waals surface area contributed by atoms with Crippen LogP contribution in [-0.2, 0) is 4.74 Å². The van der Waals surface area contributed by atoms with Crippen molar-refractivity contribution in [3.05, 3.63) is 28.0 Å². The van der Waals surface area contributed by atoms with Crippen LogP contribution in [0, 0.1) is 12.7 Å². The molecule has 0 amide bonds. The number of halogens is 2. The molecule has 0 bridgehead atoms. The zero-order valence-corrected chi connectivity index (χ0v) is 13.0. The minimum Gasteiger partial charge on any atom is -0.389 e. The van der Waals surface area contributed by atoms with E-state index in [1.165, 1.54) is 6.07 Å². The minimum atomic E-state index is -0.594. The fraction of sp³-hybridized carbons (Fsp3) is 0.571. The molecule has 0 aliphatic carbocycles. The smallest absolute Gasteiger partial charge is 0.139 e. The van der Waals surface area contributed by atoms with Crippen LogP contribution >= 0.6 is 15.9 Å². The summed E-state index contributed by atoms with van der Waals surface area (Å²) in [5, 5.41) is 12.8. The molecule has 0 radical (unpaired) electrons. The Morgan fingerprint density at radius 3 is 2.89 bits per heavy atom. The average Bonchev–Trinajstić information content (AvgIpc) is 2.37. The Kier molecular flexibility index (Phi) is 7.34. The minimum absolute atomic E-state index is 0.297. The average molecular weight is 334 g/mol. The molecule has 0 saturated carbocycles. The molecule has 1 unspecified atom stereocenters. The van der Waals surface area contributed by atoms with Crippen LogP contribution in [0.15, 0.2) is 16.6 Å². The SMILES string of the molecule is CCCCOCC(O)CNc1cc(F)c(Br)cc1C. The van der Waals surface area contributed by atoms with Crippen molar-refractivity contribution >= 4 is 21.6 Å². The van der Waals surface area contributed by atoms with Gasteiger partial charge in [-0.25, -0.2) is 4.39 Å². The summed E-state index contributed by atoms with van der Waals surface area (Å²) in [5.74, 6) is -0.318. The quantitative estimate of drug-likeness (QED) is 0.715. The Labute approximate surface area is 122 Å². The van der Waals surface area contributed by atoms with Crippen LogP contribution < -0.4 is 5.32 Å². The first-order valence-corrected chi connectivity index (χ1v) is 7.29. The number of nitrogens with one attached hydrogen (secondary N) is 1.